The summed E-state index contributed by atoms with van der Waals surface area (Å²) in [6, 6.07) is 7.31. The molecular weight excluding hydrogens is 270 g/mol. The van der Waals surface area contributed by atoms with Gasteiger partial charge in [-0.25, -0.2) is 0 Å². The minimum atomic E-state index is -0.853. The maximum absolute atomic E-state index is 10.7. The second-order valence-electron chi connectivity index (χ2n) is 5.07. The molecule has 0 bridgehead atoms. The molecular formula is C16H23NO4. The lowest BCUT2D eigenvalue weighted by Gasteiger charge is -2.24. The summed E-state index contributed by atoms with van der Waals surface area (Å²) < 4.78 is 0. The first-order chi connectivity index (χ1) is 10.0. The molecule has 0 atom stereocenters. The molecule has 0 fully saturated rings. The Morgan fingerprint density at radius 3 is 2.19 bits per heavy atom. The summed E-state index contributed by atoms with van der Waals surface area (Å²) in [5, 5.41) is 17.6. The van der Waals surface area contributed by atoms with Gasteiger partial charge in [-0.05, 0) is 24.1 Å². The molecule has 0 saturated heterocycles. The minimum absolute atomic E-state index is 0.00520. The number of carboxylic acids is 2. The predicted molar refractivity (Wildman–Crippen MR) is 81.8 cm³/mol. The number of rotatable bonds is 10. The van der Waals surface area contributed by atoms with E-state index in [4.69, 9.17) is 10.2 Å². The van der Waals surface area contributed by atoms with E-state index in [0.717, 1.165) is 37.1 Å². The minimum Gasteiger partial charge on any atom is -0.481 e. The fraction of sp³-hybridized carbons (Fsp3) is 0.500. The quantitative estimate of drug-likeness (QED) is 0.649. The van der Waals surface area contributed by atoms with Crippen molar-refractivity contribution in [3.63, 3.8) is 0 Å². The first-order valence-corrected chi connectivity index (χ1v) is 7.30. The van der Waals surface area contributed by atoms with Crippen LogP contribution in [0.15, 0.2) is 24.3 Å². The standard InChI is InChI=1S/C16H23NO4/c1-2-3-4-10-17(11-9-15(18)19)14-7-5-13(6-8-14)12-16(20)21/h5-8H,2-4,9-12H2,1H3,(H,18,19)(H,20,21). The van der Waals surface area contributed by atoms with Gasteiger partial charge in [0.2, 0.25) is 0 Å². The number of hydrogen-bond acceptors (Lipinski definition) is 3. The van der Waals surface area contributed by atoms with Gasteiger partial charge in [-0.1, -0.05) is 31.9 Å². The van der Waals surface area contributed by atoms with Crippen molar-refractivity contribution in [2.45, 2.75) is 39.0 Å². The van der Waals surface area contributed by atoms with E-state index >= 15 is 0 Å². The van der Waals surface area contributed by atoms with Crippen LogP contribution in [0.5, 0.6) is 0 Å². The number of carboxylic acid groups (broad SMARTS) is 2. The van der Waals surface area contributed by atoms with Crippen molar-refractivity contribution in [2.75, 3.05) is 18.0 Å². The van der Waals surface area contributed by atoms with E-state index in [1.807, 2.05) is 17.0 Å². The molecule has 5 heteroatoms. The summed E-state index contributed by atoms with van der Waals surface area (Å²) in [5.74, 6) is -1.66. The molecule has 1 aromatic rings. The zero-order chi connectivity index (χ0) is 15.7. The zero-order valence-electron chi connectivity index (χ0n) is 12.4. The molecule has 0 unspecified atom stereocenters. The van der Waals surface area contributed by atoms with Gasteiger partial charge in [-0.15, -0.1) is 0 Å². The van der Waals surface area contributed by atoms with Crippen molar-refractivity contribution >= 4 is 17.6 Å². The van der Waals surface area contributed by atoms with Crippen molar-refractivity contribution in [3.05, 3.63) is 29.8 Å². The van der Waals surface area contributed by atoms with Crippen LogP contribution in [-0.4, -0.2) is 35.2 Å². The fourth-order valence-corrected chi connectivity index (χ4v) is 2.15. The third kappa shape index (κ3) is 6.79. The fourth-order valence-electron chi connectivity index (χ4n) is 2.15. The molecule has 116 valence electrons. The van der Waals surface area contributed by atoms with Crippen LogP contribution in [0.25, 0.3) is 0 Å². The third-order valence-electron chi connectivity index (χ3n) is 3.28. The van der Waals surface area contributed by atoms with Crippen LogP contribution in [-0.2, 0) is 16.0 Å². The van der Waals surface area contributed by atoms with Gasteiger partial charge < -0.3 is 15.1 Å². The van der Waals surface area contributed by atoms with Crippen molar-refractivity contribution in [3.8, 4) is 0 Å². The molecule has 0 amide bonds. The molecule has 0 radical (unpaired) electrons. The number of hydrogen-bond donors (Lipinski definition) is 2. The van der Waals surface area contributed by atoms with Crippen LogP contribution >= 0.6 is 0 Å². The van der Waals surface area contributed by atoms with Gasteiger partial charge >= 0.3 is 11.9 Å². The maximum atomic E-state index is 10.7. The van der Waals surface area contributed by atoms with Crippen molar-refractivity contribution < 1.29 is 19.8 Å². The first kappa shape index (κ1) is 17.0. The summed E-state index contributed by atoms with van der Waals surface area (Å²) in [6.45, 7) is 3.42. The maximum Gasteiger partial charge on any atom is 0.307 e. The van der Waals surface area contributed by atoms with Crippen LogP contribution in [0.4, 0.5) is 5.69 Å². The lowest BCUT2D eigenvalue weighted by molar-refractivity contribution is -0.137. The van der Waals surface area contributed by atoms with Gasteiger partial charge in [-0.3, -0.25) is 9.59 Å². The van der Waals surface area contributed by atoms with E-state index in [2.05, 4.69) is 6.92 Å². The second-order valence-corrected chi connectivity index (χ2v) is 5.07. The normalized spacial score (nSPS) is 10.3. The summed E-state index contributed by atoms with van der Waals surface area (Å²) in [4.78, 5) is 23.5. The van der Waals surface area contributed by atoms with E-state index in [-0.39, 0.29) is 12.8 Å². The Bertz CT molecular complexity index is 456. The Morgan fingerprint density at radius 1 is 1.00 bits per heavy atom. The average Bonchev–Trinajstić information content (AvgIpc) is 2.43. The highest BCUT2D eigenvalue weighted by Crippen LogP contribution is 2.17. The van der Waals surface area contributed by atoms with Gasteiger partial charge in [0.25, 0.3) is 0 Å². The lowest BCUT2D eigenvalue weighted by Crippen LogP contribution is -2.27. The zero-order valence-corrected chi connectivity index (χ0v) is 12.4. The topological polar surface area (TPSA) is 77.8 Å². The van der Waals surface area contributed by atoms with Gasteiger partial charge in [0.15, 0.2) is 0 Å². The highest BCUT2D eigenvalue weighted by atomic mass is 16.4. The van der Waals surface area contributed by atoms with Gasteiger partial charge in [-0.2, -0.15) is 0 Å². The first-order valence-electron chi connectivity index (χ1n) is 7.30. The molecule has 0 aliphatic heterocycles. The molecule has 1 aromatic carbocycles. The Morgan fingerprint density at radius 2 is 1.67 bits per heavy atom. The van der Waals surface area contributed by atoms with Gasteiger partial charge in [0, 0.05) is 18.8 Å². The van der Waals surface area contributed by atoms with Crippen molar-refractivity contribution in [1.29, 1.82) is 0 Å². The summed E-state index contributed by atoms with van der Waals surface area (Å²) in [5.41, 5.74) is 1.69. The number of unbranched alkanes of at least 4 members (excludes halogenated alkanes) is 2. The molecule has 0 aromatic heterocycles. The number of aliphatic carboxylic acids is 2. The summed E-state index contributed by atoms with van der Waals surface area (Å²) >= 11 is 0. The van der Waals surface area contributed by atoms with Crippen LogP contribution in [0.1, 0.15) is 38.2 Å². The third-order valence-corrected chi connectivity index (χ3v) is 3.28. The SMILES string of the molecule is CCCCCN(CCC(=O)O)c1ccc(CC(=O)O)cc1. The smallest absolute Gasteiger partial charge is 0.307 e. The molecule has 0 spiro atoms. The number of nitrogens with zero attached hydrogens (tertiary/aromatic N) is 1. The lowest BCUT2D eigenvalue weighted by atomic mass is 10.1. The van der Waals surface area contributed by atoms with Crippen molar-refractivity contribution in [2.24, 2.45) is 0 Å². The Balaban J connectivity index is 2.70. The molecule has 0 aliphatic carbocycles. The molecule has 21 heavy (non-hydrogen) atoms. The summed E-state index contributed by atoms with van der Waals surface area (Å²) in [7, 11) is 0. The molecule has 5 nitrogen and oxygen atoms in total. The van der Waals surface area contributed by atoms with Crippen molar-refractivity contribution in [1.82, 2.24) is 0 Å². The van der Waals surface area contributed by atoms with E-state index in [1.165, 1.54) is 0 Å². The van der Waals surface area contributed by atoms with Crippen LogP contribution < -0.4 is 4.90 Å². The van der Waals surface area contributed by atoms with E-state index < -0.39 is 11.9 Å². The van der Waals surface area contributed by atoms with Gasteiger partial charge in [0.05, 0.1) is 12.8 Å². The molecule has 0 aliphatic rings. The molecule has 1 rings (SSSR count). The number of benzene rings is 1. The van der Waals surface area contributed by atoms with E-state index in [9.17, 15) is 9.59 Å². The van der Waals surface area contributed by atoms with E-state index in [0.29, 0.717) is 6.54 Å². The Hall–Kier alpha value is -2.04. The average molecular weight is 293 g/mol. The second kappa shape index (κ2) is 9.00. The largest absolute Gasteiger partial charge is 0.481 e. The summed E-state index contributed by atoms with van der Waals surface area (Å²) in [6.07, 6.45) is 3.35. The molecule has 2 N–H and O–H groups in total. The monoisotopic (exact) mass is 293 g/mol. The van der Waals surface area contributed by atoms with E-state index in [1.54, 1.807) is 12.1 Å². The predicted octanol–water partition coefficient (Wildman–Crippen LogP) is 2.79. The van der Waals surface area contributed by atoms with Crippen LogP contribution in [0.2, 0.25) is 0 Å². The Labute approximate surface area is 125 Å². The number of anilines is 1. The Kier molecular flexibility index (Phi) is 7.29. The number of carbonyl (C=O) groups is 2. The molecule has 0 heterocycles. The van der Waals surface area contributed by atoms with Crippen LogP contribution in [0, 0.1) is 0 Å². The highest BCUT2D eigenvalue weighted by Gasteiger charge is 2.09. The highest BCUT2D eigenvalue weighted by molar-refractivity contribution is 5.70. The van der Waals surface area contributed by atoms with Gasteiger partial charge in [0.1, 0.15) is 0 Å². The van der Waals surface area contributed by atoms with Crippen LogP contribution in [0.3, 0.4) is 0 Å². The molecule has 0 saturated carbocycles.